The number of nitrogens with zero attached hydrogens (tertiary/aromatic N) is 1. The van der Waals surface area contributed by atoms with Crippen molar-refractivity contribution in [2.45, 2.75) is 25.7 Å². The molecule has 3 amide bonds. The number of carbonyl (C=O) groups excluding carboxylic acids is 3. The van der Waals surface area contributed by atoms with Gasteiger partial charge in [0.15, 0.2) is 0 Å². The summed E-state index contributed by atoms with van der Waals surface area (Å²) in [4.78, 5) is 38.2. The van der Waals surface area contributed by atoms with Crippen LogP contribution in [0.5, 0.6) is 0 Å². The Kier molecular flexibility index (Phi) is 4.35. The van der Waals surface area contributed by atoms with Gasteiger partial charge in [-0.1, -0.05) is 6.07 Å². The number of nitrogens with one attached hydrogen (secondary N) is 2. The van der Waals surface area contributed by atoms with Crippen molar-refractivity contribution in [3.63, 3.8) is 0 Å². The summed E-state index contributed by atoms with van der Waals surface area (Å²) < 4.78 is 13.2. The lowest BCUT2D eigenvalue weighted by Gasteiger charge is -2.35. The van der Waals surface area contributed by atoms with Crippen molar-refractivity contribution in [1.29, 1.82) is 0 Å². The van der Waals surface area contributed by atoms with Crippen molar-refractivity contribution >= 4 is 34.8 Å². The summed E-state index contributed by atoms with van der Waals surface area (Å²) >= 11 is 0. The normalized spacial score (nSPS) is 15.1. The quantitative estimate of drug-likeness (QED) is 0.801. The lowest BCUT2D eigenvalue weighted by atomic mass is 9.91. The van der Waals surface area contributed by atoms with Crippen molar-refractivity contribution in [3.05, 3.63) is 53.3 Å². The third kappa shape index (κ3) is 3.40. The van der Waals surface area contributed by atoms with Gasteiger partial charge in [-0.25, -0.2) is 4.39 Å². The van der Waals surface area contributed by atoms with Crippen LogP contribution in [0, 0.1) is 5.82 Å². The minimum Gasteiger partial charge on any atom is -0.318 e. The van der Waals surface area contributed by atoms with Crippen LogP contribution in [0.3, 0.4) is 0 Å². The van der Waals surface area contributed by atoms with E-state index in [1.54, 1.807) is 0 Å². The van der Waals surface area contributed by atoms with Crippen LogP contribution in [0.15, 0.2) is 36.4 Å². The predicted molar refractivity (Wildman–Crippen MR) is 99.1 cm³/mol. The molecule has 0 bridgehead atoms. The first-order valence-electron chi connectivity index (χ1n) is 8.85. The molecule has 0 fully saturated rings. The van der Waals surface area contributed by atoms with Crippen molar-refractivity contribution in [3.8, 4) is 0 Å². The van der Waals surface area contributed by atoms with Gasteiger partial charge in [0.05, 0.1) is 5.69 Å². The summed E-state index contributed by atoms with van der Waals surface area (Å²) in [6.07, 6.45) is 2.77. The van der Waals surface area contributed by atoms with Crippen LogP contribution in [0.25, 0.3) is 0 Å². The number of amides is 3. The van der Waals surface area contributed by atoms with Crippen molar-refractivity contribution in [2.24, 2.45) is 0 Å². The Labute approximate surface area is 155 Å². The first kappa shape index (κ1) is 17.2. The maximum Gasteiger partial charge on any atom is 0.314 e. The molecule has 2 N–H and O–H groups in total. The van der Waals surface area contributed by atoms with E-state index < -0.39 is 17.6 Å². The fourth-order valence-corrected chi connectivity index (χ4v) is 3.67. The van der Waals surface area contributed by atoms with Crippen molar-refractivity contribution in [1.82, 2.24) is 0 Å². The number of carbonyl (C=O) groups is 3. The van der Waals surface area contributed by atoms with Crippen LogP contribution in [-0.4, -0.2) is 24.3 Å². The molecule has 4 rings (SSSR count). The van der Waals surface area contributed by atoms with Gasteiger partial charge in [-0.2, -0.15) is 0 Å². The first-order chi connectivity index (χ1) is 13.0. The largest absolute Gasteiger partial charge is 0.318 e. The highest BCUT2D eigenvalue weighted by Crippen LogP contribution is 2.37. The molecule has 2 aromatic carbocycles. The summed E-state index contributed by atoms with van der Waals surface area (Å²) in [7, 11) is 0. The maximum atomic E-state index is 13.2. The van der Waals surface area contributed by atoms with Gasteiger partial charge in [-0.3, -0.25) is 14.4 Å². The molecule has 2 heterocycles. The number of hydrogen-bond donors (Lipinski definition) is 2. The second-order valence-corrected chi connectivity index (χ2v) is 6.71. The number of halogens is 1. The van der Waals surface area contributed by atoms with Crippen LogP contribution < -0.4 is 15.5 Å². The SMILES string of the molecule is O=C(Nc1cccc(F)c1)C(=O)Nc1cc2c3c(c1)CCC(=O)N3CCC2. The second kappa shape index (κ2) is 6.83. The molecule has 7 heteroatoms. The molecule has 0 spiro atoms. The van der Waals surface area contributed by atoms with Gasteiger partial charge in [0.25, 0.3) is 0 Å². The minimum absolute atomic E-state index is 0.134. The molecule has 0 aliphatic carbocycles. The van der Waals surface area contributed by atoms with Crippen LogP contribution in [0.2, 0.25) is 0 Å². The monoisotopic (exact) mass is 367 g/mol. The minimum atomic E-state index is -0.872. The topological polar surface area (TPSA) is 78.5 Å². The molecule has 138 valence electrons. The summed E-state index contributed by atoms with van der Waals surface area (Å²) in [5, 5.41) is 4.98. The van der Waals surface area contributed by atoms with Crippen LogP contribution >= 0.6 is 0 Å². The Morgan fingerprint density at radius 1 is 0.926 bits per heavy atom. The van der Waals surface area contributed by atoms with Crippen LogP contribution in [0.4, 0.5) is 21.5 Å². The molecule has 2 aliphatic heterocycles. The van der Waals surface area contributed by atoms with E-state index >= 15 is 0 Å². The Morgan fingerprint density at radius 2 is 1.63 bits per heavy atom. The second-order valence-electron chi connectivity index (χ2n) is 6.71. The van der Waals surface area contributed by atoms with E-state index in [2.05, 4.69) is 10.6 Å². The van der Waals surface area contributed by atoms with E-state index in [1.165, 1.54) is 18.2 Å². The Hall–Kier alpha value is -3.22. The van der Waals surface area contributed by atoms with Gasteiger partial charge in [-0.05, 0) is 60.7 Å². The first-order valence-corrected chi connectivity index (χ1v) is 8.85. The molecule has 0 aromatic heterocycles. The van der Waals surface area contributed by atoms with Gasteiger partial charge in [0.1, 0.15) is 5.82 Å². The zero-order valence-electron chi connectivity index (χ0n) is 14.5. The molecule has 6 nitrogen and oxygen atoms in total. The average molecular weight is 367 g/mol. The Morgan fingerprint density at radius 3 is 2.37 bits per heavy atom. The highest BCUT2D eigenvalue weighted by Gasteiger charge is 2.30. The molecule has 0 unspecified atom stereocenters. The number of rotatable bonds is 2. The number of aryl methyl sites for hydroxylation is 2. The van der Waals surface area contributed by atoms with E-state index in [0.717, 1.165) is 42.3 Å². The number of hydrogen-bond acceptors (Lipinski definition) is 3. The van der Waals surface area contributed by atoms with E-state index in [-0.39, 0.29) is 11.6 Å². The average Bonchev–Trinajstić information content (AvgIpc) is 2.64. The Bertz CT molecular complexity index is 940. The highest BCUT2D eigenvalue weighted by molar-refractivity contribution is 6.43. The van der Waals surface area contributed by atoms with Gasteiger partial charge >= 0.3 is 11.8 Å². The fraction of sp³-hybridized carbons (Fsp3) is 0.250. The van der Waals surface area contributed by atoms with Gasteiger partial charge in [0, 0.05) is 24.3 Å². The smallest absolute Gasteiger partial charge is 0.314 e. The lowest BCUT2D eigenvalue weighted by Crippen LogP contribution is -2.39. The van der Waals surface area contributed by atoms with E-state index in [0.29, 0.717) is 18.5 Å². The van der Waals surface area contributed by atoms with Crippen molar-refractivity contribution in [2.75, 3.05) is 22.1 Å². The van der Waals surface area contributed by atoms with Gasteiger partial charge < -0.3 is 15.5 Å². The molecule has 27 heavy (non-hydrogen) atoms. The molecule has 0 saturated heterocycles. The fourth-order valence-electron chi connectivity index (χ4n) is 3.67. The molecule has 2 aromatic rings. The summed E-state index contributed by atoms with van der Waals surface area (Å²) in [6.45, 7) is 0.723. The molecule has 0 atom stereocenters. The molecular formula is C20H18FN3O3. The zero-order valence-corrected chi connectivity index (χ0v) is 14.5. The molecule has 0 radical (unpaired) electrons. The van der Waals surface area contributed by atoms with E-state index in [1.807, 2.05) is 17.0 Å². The molecule has 0 saturated carbocycles. The van der Waals surface area contributed by atoms with Gasteiger partial charge in [-0.15, -0.1) is 0 Å². The van der Waals surface area contributed by atoms with Crippen LogP contribution in [0.1, 0.15) is 24.0 Å². The van der Waals surface area contributed by atoms with Gasteiger partial charge in [0.2, 0.25) is 5.91 Å². The zero-order chi connectivity index (χ0) is 19.0. The Balaban J connectivity index is 1.52. The number of benzene rings is 2. The predicted octanol–water partition coefficient (Wildman–Crippen LogP) is 2.63. The summed E-state index contributed by atoms with van der Waals surface area (Å²) in [5.74, 6) is -2.06. The summed E-state index contributed by atoms with van der Waals surface area (Å²) in [5.41, 5.74) is 3.71. The summed E-state index contributed by atoms with van der Waals surface area (Å²) in [6, 6.07) is 8.98. The maximum absolute atomic E-state index is 13.2. The van der Waals surface area contributed by atoms with E-state index in [9.17, 15) is 18.8 Å². The van der Waals surface area contributed by atoms with Crippen LogP contribution in [-0.2, 0) is 27.2 Å². The highest BCUT2D eigenvalue weighted by atomic mass is 19.1. The standard InChI is InChI=1S/C20H18FN3O3/c21-14-4-1-5-15(11-14)22-19(26)20(27)23-16-9-12-3-2-8-24-17(25)7-6-13(10-16)18(12)24/h1,4-5,9-11H,2-3,6-8H2,(H,22,26)(H,23,27). The third-order valence-electron chi connectivity index (χ3n) is 4.82. The number of anilines is 3. The van der Waals surface area contributed by atoms with E-state index in [4.69, 9.17) is 0 Å². The lowest BCUT2D eigenvalue weighted by molar-refractivity contribution is -0.133. The molecular weight excluding hydrogens is 349 g/mol. The van der Waals surface area contributed by atoms with Crippen molar-refractivity contribution < 1.29 is 18.8 Å². The molecule has 2 aliphatic rings. The third-order valence-corrected chi connectivity index (χ3v) is 4.82.